The minimum atomic E-state index is -4.27. The SMILES string of the molecule is NC(CCC1CCCO1)COCC(F)(F)F. The van der Waals surface area contributed by atoms with Crippen molar-refractivity contribution in [3.05, 3.63) is 0 Å². The van der Waals surface area contributed by atoms with E-state index in [1.54, 1.807) is 0 Å². The van der Waals surface area contributed by atoms with Crippen LogP contribution in [0.1, 0.15) is 25.7 Å². The molecule has 1 saturated heterocycles. The topological polar surface area (TPSA) is 44.5 Å². The fourth-order valence-electron chi connectivity index (χ4n) is 1.68. The molecule has 0 aromatic heterocycles. The number of nitrogens with two attached hydrogens (primary N) is 1. The summed E-state index contributed by atoms with van der Waals surface area (Å²) in [6.07, 6.45) is -0.512. The average Bonchev–Trinajstić information content (AvgIpc) is 2.65. The van der Waals surface area contributed by atoms with Gasteiger partial charge in [-0.25, -0.2) is 0 Å². The van der Waals surface area contributed by atoms with Crippen LogP contribution in [0.5, 0.6) is 0 Å². The Morgan fingerprint density at radius 2 is 2.19 bits per heavy atom. The fraction of sp³-hybridized carbons (Fsp3) is 1.00. The molecule has 3 nitrogen and oxygen atoms in total. The zero-order valence-corrected chi connectivity index (χ0v) is 9.13. The van der Waals surface area contributed by atoms with E-state index in [9.17, 15) is 13.2 Å². The first-order valence-electron chi connectivity index (χ1n) is 5.49. The van der Waals surface area contributed by atoms with Crippen LogP contribution in [-0.4, -0.2) is 38.1 Å². The van der Waals surface area contributed by atoms with E-state index in [1.165, 1.54) is 0 Å². The van der Waals surface area contributed by atoms with Gasteiger partial charge in [0, 0.05) is 12.6 Å². The van der Waals surface area contributed by atoms with Gasteiger partial charge in [-0.1, -0.05) is 0 Å². The Bertz CT molecular complexity index is 193. The molecule has 0 saturated carbocycles. The van der Waals surface area contributed by atoms with E-state index in [0.29, 0.717) is 6.42 Å². The van der Waals surface area contributed by atoms with Gasteiger partial charge < -0.3 is 15.2 Å². The van der Waals surface area contributed by atoms with Gasteiger partial charge in [-0.15, -0.1) is 0 Å². The number of halogens is 3. The van der Waals surface area contributed by atoms with Crippen LogP contribution < -0.4 is 5.73 Å². The monoisotopic (exact) mass is 241 g/mol. The molecule has 1 aliphatic rings. The van der Waals surface area contributed by atoms with Gasteiger partial charge in [0.15, 0.2) is 0 Å². The lowest BCUT2D eigenvalue weighted by atomic mass is 10.1. The van der Waals surface area contributed by atoms with Crippen LogP contribution in [-0.2, 0) is 9.47 Å². The molecule has 0 aromatic rings. The van der Waals surface area contributed by atoms with Gasteiger partial charge in [-0.05, 0) is 25.7 Å². The third kappa shape index (κ3) is 6.30. The van der Waals surface area contributed by atoms with E-state index in [0.717, 1.165) is 25.9 Å². The molecule has 6 heteroatoms. The lowest BCUT2D eigenvalue weighted by molar-refractivity contribution is -0.174. The molecule has 2 N–H and O–H groups in total. The maximum atomic E-state index is 11.8. The predicted molar refractivity (Wildman–Crippen MR) is 53.1 cm³/mol. The van der Waals surface area contributed by atoms with E-state index in [4.69, 9.17) is 10.5 Å². The molecule has 96 valence electrons. The standard InChI is InChI=1S/C10H18F3NO2/c11-10(12,13)7-15-6-8(14)3-4-9-2-1-5-16-9/h8-9H,1-7,14H2. The summed E-state index contributed by atoms with van der Waals surface area (Å²) in [4.78, 5) is 0. The van der Waals surface area contributed by atoms with Crippen LogP contribution in [0.2, 0.25) is 0 Å². The van der Waals surface area contributed by atoms with Gasteiger partial charge in [-0.2, -0.15) is 13.2 Å². The smallest absolute Gasteiger partial charge is 0.378 e. The van der Waals surface area contributed by atoms with Gasteiger partial charge in [0.25, 0.3) is 0 Å². The zero-order chi connectivity index (χ0) is 12.0. The number of alkyl halides is 3. The molecule has 0 aliphatic carbocycles. The Morgan fingerprint density at radius 3 is 2.75 bits per heavy atom. The summed E-state index contributed by atoms with van der Waals surface area (Å²) in [7, 11) is 0. The highest BCUT2D eigenvalue weighted by atomic mass is 19.4. The number of rotatable bonds is 6. The van der Waals surface area contributed by atoms with Gasteiger partial charge in [0.2, 0.25) is 0 Å². The Hall–Kier alpha value is -0.330. The molecule has 2 atom stereocenters. The molecule has 0 amide bonds. The Labute approximate surface area is 93.1 Å². The zero-order valence-electron chi connectivity index (χ0n) is 9.13. The quantitative estimate of drug-likeness (QED) is 0.771. The van der Waals surface area contributed by atoms with E-state index < -0.39 is 12.8 Å². The first-order chi connectivity index (χ1) is 7.47. The van der Waals surface area contributed by atoms with Crippen molar-refractivity contribution >= 4 is 0 Å². The van der Waals surface area contributed by atoms with Crippen LogP contribution in [0, 0.1) is 0 Å². The molecule has 1 fully saturated rings. The van der Waals surface area contributed by atoms with Crippen molar-refractivity contribution in [3.63, 3.8) is 0 Å². The summed E-state index contributed by atoms with van der Waals surface area (Å²) in [5, 5.41) is 0. The van der Waals surface area contributed by atoms with Crippen molar-refractivity contribution in [3.8, 4) is 0 Å². The summed E-state index contributed by atoms with van der Waals surface area (Å²) in [6.45, 7) is -0.489. The maximum absolute atomic E-state index is 11.8. The Balaban J connectivity index is 2.00. The van der Waals surface area contributed by atoms with Gasteiger partial charge in [0.05, 0.1) is 12.7 Å². The molecule has 0 bridgehead atoms. The van der Waals surface area contributed by atoms with Crippen LogP contribution in [0.4, 0.5) is 13.2 Å². The molecule has 0 aromatic carbocycles. The third-order valence-corrected chi connectivity index (χ3v) is 2.48. The van der Waals surface area contributed by atoms with E-state index in [-0.39, 0.29) is 18.8 Å². The van der Waals surface area contributed by atoms with E-state index >= 15 is 0 Å². The van der Waals surface area contributed by atoms with Crippen LogP contribution in [0.25, 0.3) is 0 Å². The van der Waals surface area contributed by atoms with Crippen molar-refractivity contribution in [2.75, 3.05) is 19.8 Å². The second kappa shape index (κ2) is 6.42. The van der Waals surface area contributed by atoms with Crippen LogP contribution in [0.3, 0.4) is 0 Å². The van der Waals surface area contributed by atoms with Crippen molar-refractivity contribution < 1.29 is 22.6 Å². The molecule has 1 heterocycles. The predicted octanol–water partition coefficient (Wildman–Crippen LogP) is 1.85. The number of hydrogen-bond donors (Lipinski definition) is 1. The minimum Gasteiger partial charge on any atom is -0.378 e. The van der Waals surface area contributed by atoms with Gasteiger partial charge in [0.1, 0.15) is 6.61 Å². The van der Waals surface area contributed by atoms with Crippen molar-refractivity contribution in [1.29, 1.82) is 0 Å². The molecule has 0 spiro atoms. The average molecular weight is 241 g/mol. The third-order valence-electron chi connectivity index (χ3n) is 2.48. The summed E-state index contributed by atoms with van der Waals surface area (Å²) < 4.78 is 45.1. The van der Waals surface area contributed by atoms with Crippen molar-refractivity contribution in [2.45, 2.75) is 44.0 Å². The maximum Gasteiger partial charge on any atom is 0.411 e. The normalized spacial score (nSPS) is 23.6. The molecule has 16 heavy (non-hydrogen) atoms. The summed E-state index contributed by atoms with van der Waals surface area (Å²) >= 11 is 0. The summed E-state index contributed by atoms with van der Waals surface area (Å²) in [5.41, 5.74) is 5.63. The molecular formula is C10H18F3NO2. The van der Waals surface area contributed by atoms with Crippen LogP contribution >= 0.6 is 0 Å². The first-order valence-corrected chi connectivity index (χ1v) is 5.49. The van der Waals surface area contributed by atoms with Crippen molar-refractivity contribution in [1.82, 2.24) is 0 Å². The highest BCUT2D eigenvalue weighted by molar-refractivity contribution is 4.69. The van der Waals surface area contributed by atoms with Gasteiger partial charge in [-0.3, -0.25) is 0 Å². The largest absolute Gasteiger partial charge is 0.411 e. The summed E-state index contributed by atoms with van der Waals surface area (Å²) in [5.74, 6) is 0. The number of ether oxygens (including phenoxy) is 2. The summed E-state index contributed by atoms with van der Waals surface area (Å²) in [6, 6.07) is -0.341. The van der Waals surface area contributed by atoms with E-state index in [2.05, 4.69) is 4.74 Å². The second-order valence-electron chi connectivity index (χ2n) is 4.10. The highest BCUT2D eigenvalue weighted by Gasteiger charge is 2.27. The second-order valence-corrected chi connectivity index (χ2v) is 4.10. The van der Waals surface area contributed by atoms with Crippen LogP contribution in [0.15, 0.2) is 0 Å². The fourth-order valence-corrected chi connectivity index (χ4v) is 1.68. The molecule has 1 rings (SSSR count). The minimum absolute atomic E-state index is 0.0494. The number of hydrogen-bond acceptors (Lipinski definition) is 3. The highest BCUT2D eigenvalue weighted by Crippen LogP contribution is 2.18. The molecule has 0 radical (unpaired) electrons. The Morgan fingerprint density at radius 1 is 1.44 bits per heavy atom. The van der Waals surface area contributed by atoms with E-state index in [1.807, 2.05) is 0 Å². The lowest BCUT2D eigenvalue weighted by Gasteiger charge is -2.15. The molecule has 2 unspecified atom stereocenters. The molecular weight excluding hydrogens is 223 g/mol. The van der Waals surface area contributed by atoms with Gasteiger partial charge >= 0.3 is 6.18 Å². The Kier molecular flexibility index (Phi) is 5.51. The first kappa shape index (κ1) is 13.7. The molecule has 1 aliphatic heterocycles. The lowest BCUT2D eigenvalue weighted by Crippen LogP contribution is -2.30. The van der Waals surface area contributed by atoms with Crippen molar-refractivity contribution in [2.24, 2.45) is 5.73 Å².